The van der Waals surface area contributed by atoms with Crippen LogP contribution in [0.3, 0.4) is 0 Å². The molecule has 0 aliphatic heterocycles. The van der Waals surface area contributed by atoms with Crippen molar-refractivity contribution in [1.29, 1.82) is 0 Å². The van der Waals surface area contributed by atoms with Crippen molar-refractivity contribution in [3.63, 3.8) is 0 Å². The second-order valence-electron chi connectivity index (χ2n) is 6.50. The fourth-order valence-electron chi connectivity index (χ4n) is 3.21. The smallest absolute Gasteiger partial charge is 0.166 e. The van der Waals surface area contributed by atoms with Gasteiger partial charge in [0.05, 0.1) is 10.7 Å². The highest BCUT2D eigenvalue weighted by atomic mass is 79.9. The molecule has 0 fully saturated rings. The number of nitrogen functional groups attached to an aromatic ring is 1. The zero-order valence-electron chi connectivity index (χ0n) is 15.2. The predicted molar refractivity (Wildman–Crippen MR) is 118 cm³/mol. The lowest BCUT2D eigenvalue weighted by molar-refractivity contribution is 0.943. The highest BCUT2D eigenvalue weighted by Crippen LogP contribution is 2.31. The number of hydrogen-bond acceptors (Lipinski definition) is 4. The van der Waals surface area contributed by atoms with E-state index in [1.54, 1.807) is 23.1 Å². The molecule has 5 aromatic rings. The zero-order chi connectivity index (χ0) is 19.8. The maximum Gasteiger partial charge on any atom is 0.166 e. The van der Waals surface area contributed by atoms with E-state index in [1.165, 1.54) is 5.39 Å². The molecule has 2 N–H and O–H groups in total. The minimum Gasteiger partial charge on any atom is -0.383 e. The van der Waals surface area contributed by atoms with E-state index in [4.69, 9.17) is 10.7 Å². The number of nitrogens with two attached hydrogens (primary N) is 1. The lowest BCUT2D eigenvalue weighted by Crippen LogP contribution is -2.04. The molecule has 2 aromatic carbocycles. The topological polar surface area (TPSA) is 69.1 Å². The lowest BCUT2D eigenvalue weighted by atomic mass is 10.0. The van der Waals surface area contributed by atoms with Gasteiger partial charge in [-0.1, -0.05) is 42.3 Å². The number of fused-ring (bicyclic) bond motifs is 2. The van der Waals surface area contributed by atoms with E-state index in [0.717, 1.165) is 22.1 Å². The van der Waals surface area contributed by atoms with Gasteiger partial charge in [0.15, 0.2) is 5.65 Å². The fraction of sp³-hybridized carbons (Fsp3) is 0. The zero-order valence-corrected chi connectivity index (χ0v) is 16.8. The lowest BCUT2D eigenvalue weighted by Gasteiger charge is -2.06. The summed E-state index contributed by atoms with van der Waals surface area (Å²) in [7, 11) is 0. The number of aromatic nitrogens is 4. The molecule has 0 aliphatic carbocycles. The van der Waals surface area contributed by atoms with E-state index >= 15 is 0 Å². The first-order chi connectivity index (χ1) is 14.2. The van der Waals surface area contributed by atoms with Crippen molar-refractivity contribution in [2.24, 2.45) is 0 Å². The van der Waals surface area contributed by atoms with Gasteiger partial charge < -0.3 is 5.73 Å². The van der Waals surface area contributed by atoms with Crippen LogP contribution in [-0.4, -0.2) is 19.6 Å². The van der Waals surface area contributed by atoms with Crippen molar-refractivity contribution in [3.05, 3.63) is 88.9 Å². The van der Waals surface area contributed by atoms with Gasteiger partial charge >= 0.3 is 0 Å². The van der Waals surface area contributed by atoms with Crippen molar-refractivity contribution in [1.82, 2.24) is 19.6 Å². The van der Waals surface area contributed by atoms with Crippen LogP contribution < -0.4 is 5.73 Å². The number of halogens is 1. The van der Waals surface area contributed by atoms with Crippen molar-refractivity contribution < 1.29 is 0 Å². The van der Waals surface area contributed by atoms with Gasteiger partial charge in [0.25, 0.3) is 0 Å². The summed E-state index contributed by atoms with van der Waals surface area (Å²) in [5.41, 5.74) is 10.3. The number of hydrogen-bond donors (Lipinski definition) is 1. The van der Waals surface area contributed by atoms with Crippen LogP contribution in [0.2, 0.25) is 0 Å². The Hall–Kier alpha value is -3.69. The van der Waals surface area contributed by atoms with Crippen LogP contribution in [0.15, 0.2) is 77.7 Å². The number of rotatable bonds is 1. The van der Waals surface area contributed by atoms with E-state index in [2.05, 4.69) is 68.2 Å². The van der Waals surface area contributed by atoms with Gasteiger partial charge in [0, 0.05) is 23.5 Å². The first kappa shape index (κ1) is 17.4. The minimum atomic E-state index is 0.459. The van der Waals surface area contributed by atoms with E-state index in [0.29, 0.717) is 21.6 Å². The third-order valence-corrected chi connectivity index (χ3v) is 5.47. The van der Waals surface area contributed by atoms with Gasteiger partial charge in [-0.3, -0.25) is 4.98 Å². The molecule has 138 valence electrons. The Morgan fingerprint density at radius 3 is 2.55 bits per heavy atom. The molecule has 0 saturated heterocycles. The Bertz CT molecular complexity index is 1430. The molecule has 5 rings (SSSR count). The van der Waals surface area contributed by atoms with Crippen LogP contribution in [0, 0.1) is 11.8 Å². The SMILES string of the molecule is Nc1c(Br)c(C#Cc2ccncc2)nc2c(-c3ccc4ccccc4c3)cnn12. The summed E-state index contributed by atoms with van der Waals surface area (Å²) in [5, 5.41) is 6.78. The average molecular weight is 440 g/mol. The van der Waals surface area contributed by atoms with Gasteiger partial charge in [-0.25, -0.2) is 4.98 Å². The molecular formula is C23H14BrN5. The van der Waals surface area contributed by atoms with Crippen molar-refractivity contribution >= 4 is 38.2 Å². The number of benzene rings is 2. The van der Waals surface area contributed by atoms with Crippen molar-refractivity contribution in [2.75, 3.05) is 5.73 Å². The molecule has 0 unspecified atom stereocenters. The average Bonchev–Trinajstić information content (AvgIpc) is 3.19. The summed E-state index contributed by atoms with van der Waals surface area (Å²) < 4.78 is 2.26. The minimum absolute atomic E-state index is 0.459. The first-order valence-electron chi connectivity index (χ1n) is 8.94. The first-order valence-corrected chi connectivity index (χ1v) is 9.74. The van der Waals surface area contributed by atoms with Crippen LogP contribution in [0.25, 0.3) is 27.5 Å². The van der Waals surface area contributed by atoms with E-state index in [-0.39, 0.29) is 0 Å². The molecule has 6 heteroatoms. The summed E-state index contributed by atoms with van der Waals surface area (Å²) in [6, 6.07) is 18.2. The van der Waals surface area contributed by atoms with Crippen molar-refractivity contribution in [3.8, 4) is 23.0 Å². The Morgan fingerprint density at radius 1 is 0.931 bits per heavy atom. The maximum absolute atomic E-state index is 6.31. The Balaban J connectivity index is 1.68. The summed E-state index contributed by atoms with van der Waals surface area (Å²) in [6.07, 6.45) is 5.20. The second-order valence-corrected chi connectivity index (χ2v) is 7.29. The number of nitrogens with zero attached hydrogens (tertiary/aromatic N) is 4. The summed E-state index contributed by atoms with van der Waals surface area (Å²) in [5.74, 6) is 6.66. The Morgan fingerprint density at radius 2 is 1.72 bits per heavy atom. The van der Waals surface area contributed by atoms with E-state index < -0.39 is 0 Å². The van der Waals surface area contributed by atoms with Crippen LogP contribution in [-0.2, 0) is 0 Å². The van der Waals surface area contributed by atoms with Crippen LogP contribution in [0.5, 0.6) is 0 Å². The highest BCUT2D eigenvalue weighted by molar-refractivity contribution is 9.10. The summed E-state index contributed by atoms with van der Waals surface area (Å²) >= 11 is 3.51. The summed E-state index contributed by atoms with van der Waals surface area (Å²) in [4.78, 5) is 8.76. The van der Waals surface area contributed by atoms with Gasteiger partial charge in [-0.15, -0.1) is 0 Å². The normalized spacial score (nSPS) is 10.8. The molecule has 3 heterocycles. The summed E-state index contributed by atoms with van der Waals surface area (Å²) in [6.45, 7) is 0. The van der Waals surface area contributed by atoms with Crippen LogP contribution >= 0.6 is 15.9 Å². The molecular weight excluding hydrogens is 426 g/mol. The van der Waals surface area contributed by atoms with E-state index in [9.17, 15) is 0 Å². The Labute approximate surface area is 175 Å². The molecule has 0 spiro atoms. The predicted octanol–water partition coefficient (Wildman–Crippen LogP) is 4.69. The maximum atomic E-state index is 6.31. The number of pyridine rings is 1. The second kappa shape index (κ2) is 7.04. The third kappa shape index (κ3) is 3.12. The molecule has 0 aliphatic rings. The molecule has 5 nitrogen and oxygen atoms in total. The van der Waals surface area contributed by atoms with Gasteiger partial charge in [0.2, 0.25) is 0 Å². The molecule has 0 bridgehead atoms. The molecule has 0 radical (unpaired) electrons. The number of anilines is 1. The standard InChI is InChI=1S/C23H14BrN5/c24-21-20(8-5-15-9-11-26-12-10-15)28-23-19(14-27-29(23)22(21)25)18-7-6-16-3-1-2-4-17(16)13-18/h1-4,6-7,9-14H,25H2. The van der Waals surface area contributed by atoms with Crippen LogP contribution in [0.1, 0.15) is 11.3 Å². The highest BCUT2D eigenvalue weighted by Gasteiger charge is 2.15. The fourth-order valence-corrected chi connectivity index (χ4v) is 3.56. The molecule has 29 heavy (non-hydrogen) atoms. The molecule has 3 aromatic heterocycles. The van der Waals surface area contributed by atoms with Crippen LogP contribution in [0.4, 0.5) is 5.82 Å². The Kier molecular flexibility index (Phi) is 4.23. The third-order valence-electron chi connectivity index (χ3n) is 4.69. The van der Waals surface area contributed by atoms with Gasteiger partial charge in [-0.05, 0) is 56.4 Å². The monoisotopic (exact) mass is 439 g/mol. The van der Waals surface area contributed by atoms with Gasteiger partial charge in [-0.2, -0.15) is 9.61 Å². The van der Waals surface area contributed by atoms with Crippen molar-refractivity contribution in [2.45, 2.75) is 0 Å². The quantitative estimate of drug-likeness (QED) is 0.384. The van der Waals surface area contributed by atoms with Gasteiger partial charge in [0.1, 0.15) is 11.5 Å². The molecule has 0 atom stereocenters. The molecule has 0 amide bonds. The molecule has 0 saturated carbocycles. The van der Waals surface area contributed by atoms with E-state index in [1.807, 2.05) is 24.3 Å². The largest absolute Gasteiger partial charge is 0.383 e.